The Morgan fingerprint density at radius 2 is 1.82 bits per heavy atom. The van der Waals surface area contributed by atoms with Gasteiger partial charge in [0, 0.05) is 6.42 Å². The highest BCUT2D eigenvalue weighted by Gasteiger charge is 2.45. The van der Waals surface area contributed by atoms with Crippen molar-refractivity contribution in [2.75, 3.05) is 34.8 Å². The fourth-order valence-corrected chi connectivity index (χ4v) is 5.43. The molecule has 6 nitrogen and oxygen atoms in total. The van der Waals surface area contributed by atoms with E-state index < -0.39 is 5.41 Å². The number of hydrogen-bond acceptors (Lipinski definition) is 5. The molecule has 1 aliphatic rings. The number of ether oxygens (including phenoxy) is 1. The topological polar surface area (TPSA) is 68.3 Å². The summed E-state index contributed by atoms with van der Waals surface area (Å²) in [4.78, 5) is 30.2. The molecule has 0 aliphatic heterocycles. The highest BCUT2D eigenvalue weighted by molar-refractivity contribution is 7.18. The summed E-state index contributed by atoms with van der Waals surface area (Å²) in [5, 5.41) is 3.93. The zero-order chi connectivity index (χ0) is 23.6. The van der Waals surface area contributed by atoms with Crippen LogP contribution in [-0.2, 0) is 40.1 Å². The fraction of sp³-hybridized carbons (Fsp3) is 0.423. The van der Waals surface area contributed by atoms with Crippen LogP contribution in [0.1, 0.15) is 28.1 Å². The van der Waals surface area contributed by atoms with Crippen molar-refractivity contribution in [2.45, 2.75) is 32.2 Å². The molecule has 1 aromatic heterocycles. The van der Waals surface area contributed by atoms with Crippen LogP contribution < -0.4 is 5.32 Å². The number of carbonyl (C=O) groups is 2. The van der Waals surface area contributed by atoms with E-state index in [0.29, 0.717) is 19.4 Å². The Morgan fingerprint density at radius 1 is 1.12 bits per heavy atom. The molecular formula is C26H32N3O3S+. The van der Waals surface area contributed by atoms with Crippen LogP contribution in [0.4, 0.5) is 0 Å². The SMILES string of the molecule is COC(=O)CC1(C(=O)NCc2nc3ccc(CC[N+](C)(C)C)cc3s2)Cc2ccccc2C1. The molecule has 3 aromatic rings. The number of methoxy groups -OCH3 is 1. The van der Waals surface area contributed by atoms with Crippen LogP contribution in [0.5, 0.6) is 0 Å². The lowest BCUT2D eigenvalue weighted by Gasteiger charge is -2.26. The van der Waals surface area contributed by atoms with Crippen molar-refractivity contribution in [1.82, 2.24) is 10.3 Å². The molecule has 1 aliphatic carbocycles. The lowest BCUT2D eigenvalue weighted by atomic mass is 9.80. The second-order valence-electron chi connectivity index (χ2n) is 10.0. The zero-order valence-corrected chi connectivity index (χ0v) is 20.6. The third kappa shape index (κ3) is 5.42. The molecule has 0 atom stereocenters. The Kier molecular flexibility index (Phi) is 6.54. The average molecular weight is 467 g/mol. The Balaban J connectivity index is 1.46. The molecule has 0 fully saturated rings. The van der Waals surface area contributed by atoms with Crippen LogP contribution in [0.3, 0.4) is 0 Å². The first-order valence-corrected chi connectivity index (χ1v) is 12.1. The molecular weight excluding hydrogens is 434 g/mol. The van der Waals surface area contributed by atoms with Crippen LogP contribution in [0.15, 0.2) is 42.5 Å². The number of amides is 1. The number of fused-ring (bicyclic) bond motifs is 2. The van der Waals surface area contributed by atoms with Crippen LogP contribution in [0.2, 0.25) is 0 Å². The molecule has 1 N–H and O–H groups in total. The number of thiazole rings is 1. The molecule has 33 heavy (non-hydrogen) atoms. The van der Waals surface area contributed by atoms with Crippen molar-refractivity contribution < 1.29 is 18.8 Å². The Labute approximate surface area is 199 Å². The molecule has 0 saturated heterocycles. The van der Waals surface area contributed by atoms with E-state index >= 15 is 0 Å². The highest BCUT2D eigenvalue weighted by Crippen LogP contribution is 2.40. The van der Waals surface area contributed by atoms with Crippen LogP contribution in [0, 0.1) is 5.41 Å². The number of quaternary nitrogens is 1. The number of esters is 1. The Bertz CT molecular complexity index is 1150. The number of rotatable bonds is 8. The molecule has 1 amide bonds. The molecule has 174 valence electrons. The van der Waals surface area contributed by atoms with Gasteiger partial charge in [-0.25, -0.2) is 4.98 Å². The summed E-state index contributed by atoms with van der Waals surface area (Å²) in [6.07, 6.45) is 2.17. The number of aromatic nitrogens is 1. The molecule has 0 bridgehead atoms. The normalized spacial score (nSPS) is 14.8. The van der Waals surface area contributed by atoms with Crippen molar-refractivity contribution in [1.29, 1.82) is 0 Å². The Hall–Kier alpha value is -2.77. The highest BCUT2D eigenvalue weighted by atomic mass is 32.1. The Morgan fingerprint density at radius 3 is 2.45 bits per heavy atom. The number of hydrogen-bond donors (Lipinski definition) is 1. The summed E-state index contributed by atoms with van der Waals surface area (Å²) < 4.78 is 6.97. The minimum atomic E-state index is -0.814. The van der Waals surface area contributed by atoms with Gasteiger partial charge >= 0.3 is 5.97 Å². The van der Waals surface area contributed by atoms with Gasteiger partial charge in [0.25, 0.3) is 0 Å². The molecule has 7 heteroatoms. The van der Waals surface area contributed by atoms with E-state index in [9.17, 15) is 9.59 Å². The standard InChI is InChI=1S/C26H31N3O3S/c1-29(2,3)12-11-18-9-10-21-22(13-18)33-23(28-21)17-27-25(31)26(16-24(30)32-4)14-19-7-5-6-8-20(19)15-26/h5-10,13H,11-12,14-17H2,1-4H3/p+1. The van der Waals surface area contributed by atoms with Crippen molar-refractivity contribution in [3.05, 3.63) is 64.2 Å². The van der Waals surface area contributed by atoms with E-state index in [1.807, 2.05) is 24.3 Å². The summed E-state index contributed by atoms with van der Waals surface area (Å²) in [6, 6.07) is 14.4. The monoisotopic (exact) mass is 466 g/mol. The summed E-state index contributed by atoms with van der Waals surface area (Å²) >= 11 is 1.61. The minimum absolute atomic E-state index is 0.0690. The first kappa shape index (κ1) is 23.4. The summed E-state index contributed by atoms with van der Waals surface area (Å²) in [7, 11) is 7.96. The minimum Gasteiger partial charge on any atom is -0.469 e. The van der Waals surface area contributed by atoms with E-state index in [2.05, 4.69) is 44.7 Å². The lowest BCUT2D eigenvalue weighted by molar-refractivity contribution is -0.870. The van der Waals surface area contributed by atoms with E-state index in [1.54, 1.807) is 11.3 Å². The number of nitrogens with one attached hydrogen (secondary N) is 1. The maximum Gasteiger partial charge on any atom is 0.306 e. The van der Waals surface area contributed by atoms with Gasteiger partial charge < -0.3 is 14.5 Å². The van der Waals surface area contributed by atoms with Gasteiger partial charge in [-0.3, -0.25) is 9.59 Å². The van der Waals surface area contributed by atoms with Crippen LogP contribution in [-0.4, -0.2) is 56.1 Å². The van der Waals surface area contributed by atoms with Gasteiger partial charge in [0.15, 0.2) is 0 Å². The predicted molar refractivity (Wildman–Crippen MR) is 131 cm³/mol. The maximum atomic E-state index is 13.4. The third-order valence-corrected chi connectivity index (χ3v) is 7.35. The van der Waals surface area contributed by atoms with Gasteiger partial charge in [0.1, 0.15) is 5.01 Å². The second-order valence-corrected chi connectivity index (χ2v) is 11.1. The van der Waals surface area contributed by atoms with Crippen molar-refractivity contribution in [3.63, 3.8) is 0 Å². The quantitative estimate of drug-likeness (QED) is 0.408. The van der Waals surface area contributed by atoms with E-state index in [1.165, 1.54) is 12.7 Å². The lowest BCUT2D eigenvalue weighted by Crippen LogP contribution is -2.43. The van der Waals surface area contributed by atoms with Crippen molar-refractivity contribution in [3.8, 4) is 0 Å². The van der Waals surface area contributed by atoms with Gasteiger partial charge in [-0.05, 0) is 41.7 Å². The van der Waals surface area contributed by atoms with Gasteiger partial charge in [0.2, 0.25) is 5.91 Å². The van der Waals surface area contributed by atoms with Gasteiger partial charge in [-0.1, -0.05) is 30.3 Å². The van der Waals surface area contributed by atoms with Crippen molar-refractivity contribution >= 4 is 33.4 Å². The fourth-order valence-electron chi connectivity index (χ4n) is 4.46. The maximum absolute atomic E-state index is 13.4. The van der Waals surface area contributed by atoms with Gasteiger partial charge in [0.05, 0.1) is 63.4 Å². The number of carbonyl (C=O) groups excluding carboxylic acids is 2. The molecule has 2 aromatic carbocycles. The summed E-state index contributed by atoms with van der Waals surface area (Å²) in [5.41, 5.74) is 3.69. The molecule has 0 spiro atoms. The van der Waals surface area contributed by atoms with E-state index in [-0.39, 0.29) is 18.3 Å². The van der Waals surface area contributed by atoms with Gasteiger partial charge in [-0.2, -0.15) is 0 Å². The largest absolute Gasteiger partial charge is 0.469 e. The molecule has 1 heterocycles. The second kappa shape index (κ2) is 9.23. The molecule has 0 saturated carbocycles. The molecule has 0 unspecified atom stereocenters. The predicted octanol–water partition coefficient (Wildman–Crippen LogP) is 3.51. The van der Waals surface area contributed by atoms with Crippen LogP contribution >= 0.6 is 11.3 Å². The van der Waals surface area contributed by atoms with Gasteiger partial charge in [-0.15, -0.1) is 11.3 Å². The van der Waals surface area contributed by atoms with Crippen LogP contribution in [0.25, 0.3) is 10.2 Å². The van der Waals surface area contributed by atoms with Crippen molar-refractivity contribution in [2.24, 2.45) is 5.41 Å². The zero-order valence-electron chi connectivity index (χ0n) is 19.8. The number of benzene rings is 2. The number of likely N-dealkylation sites (N-methyl/N-ethyl adjacent to an activating group) is 1. The third-order valence-electron chi connectivity index (χ3n) is 6.34. The molecule has 4 rings (SSSR count). The smallest absolute Gasteiger partial charge is 0.306 e. The molecule has 0 radical (unpaired) electrons. The van der Waals surface area contributed by atoms with E-state index in [0.717, 1.165) is 43.8 Å². The first-order chi connectivity index (χ1) is 15.7. The number of nitrogens with zero attached hydrogens (tertiary/aromatic N) is 2. The summed E-state index contributed by atoms with van der Waals surface area (Å²) in [5.74, 6) is -0.480. The average Bonchev–Trinajstić information content (AvgIpc) is 3.36. The summed E-state index contributed by atoms with van der Waals surface area (Å²) in [6.45, 7) is 1.42. The first-order valence-electron chi connectivity index (χ1n) is 11.3. The van der Waals surface area contributed by atoms with E-state index in [4.69, 9.17) is 9.72 Å².